The lowest BCUT2D eigenvalue weighted by Gasteiger charge is -2.10. The average molecular weight is 318 g/mol. The molecule has 1 N–H and O–H groups in total. The zero-order valence-electron chi connectivity index (χ0n) is 13.4. The largest absolute Gasteiger partial charge is 0.493 e. The van der Waals surface area contributed by atoms with Gasteiger partial charge in [-0.1, -0.05) is 60.7 Å². The molecule has 3 heteroatoms. The van der Waals surface area contributed by atoms with Gasteiger partial charge >= 0.3 is 5.97 Å². The summed E-state index contributed by atoms with van der Waals surface area (Å²) in [5.41, 5.74) is 1.70. The number of carboxylic acid groups (broad SMARTS) is 1. The SMILES string of the molecule is CCOc1ccccc1/C=C(\C(=O)O)c1cccc2ccccc12. The Labute approximate surface area is 140 Å². The van der Waals surface area contributed by atoms with E-state index in [-0.39, 0.29) is 5.57 Å². The Balaban J connectivity index is 2.19. The van der Waals surface area contributed by atoms with Gasteiger partial charge in [0.15, 0.2) is 0 Å². The molecule has 3 nitrogen and oxygen atoms in total. The quantitative estimate of drug-likeness (QED) is 0.539. The molecule has 0 aliphatic heterocycles. The average Bonchev–Trinajstić information content (AvgIpc) is 2.60. The van der Waals surface area contributed by atoms with Crippen molar-refractivity contribution in [2.75, 3.05) is 6.61 Å². The summed E-state index contributed by atoms with van der Waals surface area (Å²) in [4.78, 5) is 11.9. The molecular formula is C21H18O3. The van der Waals surface area contributed by atoms with Crippen molar-refractivity contribution in [3.05, 3.63) is 77.9 Å². The first-order chi connectivity index (χ1) is 11.7. The zero-order chi connectivity index (χ0) is 16.9. The second-order valence-electron chi connectivity index (χ2n) is 5.36. The molecule has 0 saturated heterocycles. The van der Waals surface area contributed by atoms with Crippen molar-refractivity contribution in [1.29, 1.82) is 0 Å². The van der Waals surface area contributed by atoms with E-state index in [4.69, 9.17) is 4.74 Å². The summed E-state index contributed by atoms with van der Waals surface area (Å²) in [6.45, 7) is 2.44. The molecule has 0 saturated carbocycles. The summed E-state index contributed by atoms with van der Waals surface area (Å²) in [6.07, 6.45) is 1.68. The lowest BCUT2D eigenvalue weighted by Crippen LogP contribution is -2.01. The van der Waals surface area contributed by atoms with Crippen LogP contribution in [0.1, 0.15) is 18.1 Å². The fourth-order valence-corrected chi connectivity index (χ4v) is 2.76. The van der Waals surface area contributed by atoms with E-state index in [1.54, 1.807) is 6.08 Å². The third-order valence-corrected chi connectivity index (χ3v) is 3.83. The number of carbonyl (C=O) groups is 1. The maximum atomic E-state index is 11.9. The minimum absolute atomic E-state index is 0.249. The van der Waals surface area contributed by atoms with E-state index in [1.165, 1.54) is 0 Å². The molecule has 0 bridgehead atoms. The Kier molecular flexibility index (Phi) is 4.62. The second-order valence-corrected chi connectivity index (χ2v) is 5.36. The highest BCUT2D eigenvalue weighted by Gasteiger charge is 2.14. The Bertz CT molecular complexity index is 904. The zero-order valence-corrected chi connectivity index (χ0v) is 13.4. The van der Waals surface area contributed by atoms with Gasteiger partial charge in [0.05, 0.1) is 12.2 Å². The Morgan fingerprint density at radius 2 is 1.71 bits per heavy atom. The number of fused-ring (bicyclic) bond motifs is 1. The summed E-state index contributed by atoms with van der Waals surface area (Å²) < 4.78 is 5.60. The summed E-state index contributed by atoms with van der Waals surface area (Å²) in [6, 6.07) is 20.9. The molecule has 120 valence electrons. The van der Waals surface area contributed by atoms with E-state index in [0.29, 0.717) is 17.9 Å². The molecule has 0 radical (unpaired) electrons. The van der Waals surface area contributed by atoms with E-state index in [2.05, 4.69) is 0 Å². The van der Waals surface area contributed by atoms with E-state index >= 15 is 0 Å². The molecule has 0 fully saturated rings. The van der Waals surface area contributed by atoms with Gasteiger partial charge in [0.2, 0.25) is 0 Å². The number of ether oxygens (including phenoxy) is 1. The first kappa shape index (κ1) is 15.8. The smallest absolute Gasteiger partial charge is 0.336 e. The number of aliphatic carboxylic acids is 1. The Morgan fingerprint density at radius 1 is 1.00 bits per heavy atom. The van der Waals surface area contributed by atoms with Gasteiger partial charge in [0.1, 0.15) is 5.75 Å². The predicted octanol–water partition coefficient (Wildman–Crippen LogP) is 4.86. The molecule has 0 atom stereocenters. The van der Waals surface area contributed by atoms with Gasteiger partial charge in [-0.3, -0.25) is 0 Å². The van der Waals surface area contributed by atoms with Gasteiger partial charge in [-0.05, 0) is 35.4 Å². The van der Waals surface area contributed by atoms with Gasteiger partial charge in [0.25, 0.3) is 0 Å². The number of carboxylic acids is 1. The third kappa shape index (κ3) is 3.15. The fourth-order valence-electron chi connectivity index (χ4n) is 2.76. The first-order valence-corrected chi connectivity index (χ1v) is 7.85. The molecule has 3 aromatic carbocycles. The molecule has 0 aliphatic carbocycles. The van der Waals surface area contributed by atoms with Crippen LogP contribution < -0.4 is 4.74 Å². The van der Waals surface area contributed by atoms with Crippen LogP contribution in [0.3, 0.4) is 0 Å². The molecular weight excluding hydrogens is 300 g/mol. The lowest BCUT2D eigenvalue weighted by molar-refractivity contribution is -0.130. The summed E-state index contributed by atoms with van der Waals surface area (Å²) in [5.74, 6) is -0.281. The molecule has 24 heavy (non-hydrogen) atoms. The van der Waals surface area contributed by atoms with Crippen molar-refractivity contribution in [1.82, 2.24) is 0 Å². The summed E-state index contributed by atoms with van der Waals surface area (Å²) in [7, 11) is 0. The summed E-state index contributed by atoms with van der Waals surface area (Å²) >= 11 is 0. The topological polar surface area (TPSA) is 46.5 Å². The Morgan fingerprint density at radius 3 is 2.50 bits per heavy atom. The maximum absolute atomic E-state index is 11.9. The van der Waals surface area contributed by atoms with Crippen LogP contribution in [0.4, 0.5) is 0 Å². The van der Waals surface area contributed by atoms with E-state index in [0.717, 1.165) is 16.3 Å². The minimum atomic E-state index is -0.961. The van der Waals surface area contributed by atoms with Crippen LogP contribution in [-0.2, 0) is 4.79 Å². The number of benzene rings is 3. The molecule has 0 heterocycles. The number of hydrogen-bond acceptors (Lipinski definition) is 2. The van der Waals surface area contributed by atoms with Crippen molar-refractivity contribution >= 4 is 28.4 Å². The maximum Gasteiger partial charge on any atom is 0.336 e. The molecule has 3 rings (SSSR count). The van der Waals surface area contributed by atoms with Crippen molar-refractivity contribution in [3.8, 4) is 5.75 Å². The third-order valence-electron chi connectivity index (χ3n) is 3.83. The van der Waals surface area contributed by atoms with Crippen molar-refractivity contribution in [3.63, 3.8) is 0 Å². The monoisotopic (exact) mass is 318 g/mol. The highest BCUT2D eigenvalue weighted by Crippen LogP contribution is 2.29. The van der Waals surface area contributed by atoms with Crippen molar-refractivity contribution < 1.29 is 14.6 Å². The van der Waals surface area contributed by atoms with Crippen LogP contribution >= 0.6 is 0 Å². The molecule has 3 aromatic rings. The highest BCUT2D eigenvalue weighted by atomic mass is 16.5. The van der Waals surface area contributed by atoms with Gasteiger partial charge in [0, 0.05) is 5.56 Å². The van der Waals surface area contributed by atoms with Crippen molar-refractivity contribution in [2.24, 2.45) is 0 Å². The predicted molar refractivity (Wildman–Crippen MR) is 97.1 cm³/mol. The first-order valence-electron chi connectivity index (χ1n) is 7.85. The molecule has 0 amide bonds. The van der Waals surface area contributed by atoms with Crippen LogP contribution in [-0.4, -0.2) is 17.7 Å². The van der Waals surface area contributed by atoms with Crippen LogP contribution in [0.5, 0.6) is 5.75 Å². The van der Waals surface area contributed by atoms with Crippen molar-refractivity contribution in [2.45, 2.75) is 6.92 Å². The lowest BCUT2D eigenvalue weighted by atomic mass is 9.96. The van der Waals surface area contributed by atoms with E-state index in [9.17, 15) is 9.90 Å². The van der Waals surface area contributed by atoms with Gasteiger partial charge in [-0.2, -0.15) is 0 Å². The molecule has 0 spiro atoms. The van der Waals surface area contributed by atoms with E-state index in [1.807, 2.05) is 73.7 Å². The van der Waals surface area contributed by atoms with Crippen LogP contribution in [0.25, 0.3) is 22.4 Å². The van der Waals surface area contributed by atoms with Crippen LogP contribution in [0.15, 0.2) is 66.7 Å². The molecule has 0 unspecified atom stereocenters. The van der Waals surface area contributed by atoms with Gasteiger partial charge < -0.3 is 9.84 Å². The highest BCUT2D eigenvalue weighted by molar-refractivity contribution is 6.24. The normalized spacial score (nSPS) is 11.5. The molecule has 0 aliphatic rings. The van der Waals surface area contributed by atoms with Gasteiger partial charge in [-0.25, -0.2) is 4.79 Å². The van der Waals surface area contributed by atoms with Crippen LogP contribution in [0.2, 0.25) is 0 Å². The number of para-hydroxylation sites is 1. The van der Waals surface area contributed by atoms with Crippen LogP contribution in [0, 0.1) is 0 Å². The second kappa shape index (κ2) is 7.01. The number of rotatable bonds is 5. The number of hydrogen-bond donors (Lipinski definition) is 1. The molecule has 0 aromatic heterocycles. The Hall–Kier alpha value is -3.07. The van der Waals surface area contributed by atoms with E-state index < -0.39 is 5.97 Å². The van der Waals surface area contributed by atoms with Gasteiger partial charge in [-0.15, -0.1) is 0 Å². The fraction of sp³-hybridized carbons (Fsp3) is 0.0952. The standard InChI is InChI=1S/C21H18O3/c1-2-24-20-13-6-4-9-16(20)14-19(21(22)23)18-12-7-10-15-8-3-5-11-17(15)18/h3-14H,2H2,1H3,(H,22,23)/b19-14-. The minimum Gasteiger partial charge on any atom is -0.493 e. The summed E-state index contributed by atoms with van der Waals surface area (Å²) in [5, 5.41) is 11.7.